The van der Waals surface area contributed by atoms with Crippen molar-refractivity contribution in [2.24, 2.45) is 0 Å². The maximum absolute atomic E-state index is 6.43. The van der Waals surface area contributed by atoms with Crippen molar-refractivity contribution in [2.75, 3.05) is 43.5 Å². The third kappa shape index (κ3) is 6.82. The Hall–Kier alpha value is -4.00. The molecule has 1 N–H and O–H groups in total. The summed E-state index contributed by atoms with van der Waals surface area (Å²) in [7, 11) is 1.69. The van der Waals surface area contributed by atoms with Gasteiger partial charge in [-0.2, -0.15) is 0 Å². The van der Waals surface area contributed by atoms with Crippen LogP contribution in [0.4, 0.5) is 17.3 Å². The van der Waals surface area contributed by atoms with Gasteiger partial charge in [0, 0.05) is 61.9 Å². The molecule has 3 atom stereocenters. The highest BCUT2D eigenvalue weighted by molar-refractivity contribution is 6.32. The summed E-state index contributed by atoms with van der Waals surface area (Å²) in [5.74, 6) is 1.80. The van der Waals surface area contributed by atoms with Gasteiger partial charge in [0.25, 0.3) is 0 Å². The summed E-state index contributed by atoms with van der Waals surface area (Å²) >= 11 is 6.43. The summed E-state index contributed by atoms with van der Waals surface area (Å²) in [6.45, 7) is 6.69. The summed E-state index contributed by atoms with van der Waals surface area (Å²) in [6.07, 6.45) is 10.6. The summed E-state index contributed by atoms with van der Waals surface area (Å²) in [5, 5.41) is 15.0. The van der Waals surface area contributed by atoms with Crippen LogP contribution < -0.4 is 19.7 Å². The quantitative estimate of drug-likeness (QED) is 0.259. The molecule has 0 saturated carbocycles. The lowest BCUT2D eigenvalue weighted by molar-refractivity contribution is -0.0556. The highest BCUT2D eigenvalue weighted by Gasteiger charge is 2.37. The van der Waals surface area contributed by atoms with E-state index in [-0.39, 0.29) is 6.10 Å². The van der Waals surface area contributed by atoms with Crippen molar-refractivity contribution in [3.8, 4) is 22.6 Å². The van der Waals surface area contributed by atoms with Gasteiger partial charge in [0.1, 0.15) is 23.9 Å². The number of hydrogen-bond donors (Lipinski definition) is 1. The van der Waals surface area contributed by atoms with E-state index in [9.17, 15) is 0 Å². The minimum Gasteiger partial charge on any atom is -0.494 e. The second-order valence-corrected chi connectivity index (χ2v) is 12.4. The molecule has 0 aliphatic carbocycles. The van der Waals surface area contributed by atoms with E-state index in [0.717, 1.165) is 48.7 Å². The molecule has 2 aromatic heterocycles. The molecule has 0 spiro atoms. The van der Waals surface area contributed by atoms with Gasteiger partial charge in [-0.15, -0.1) is 5.10 Å². The number of likely N-dealkylation sites (tertiary alicyclic amines) is 1. The Balaban J connectivity index is 0.969. The fourth-order valence-electron chi connectivity index (χ4n) is 6.63. The molecule has 236 valence electrons. The van der Waals surface area contributed by atoms with E-state index >= 15 is 0 Å². The van der Waals surface area contributed by atoms with Crippen LogP contribution in [0.1, 0.15) is 32.6 Å². The van der Waals surface area contributed by atoms with Crippen LogP contribution in [0.5, 0.6) is 11.5 Å². The van der Waals surface area contributed by atoms with Crippen molar-refractivity contribution >= 4 is 28.9 Å². The molecule has 3 saturated heterocycles. The lowest BCUT2D eigenvalue weighted by Crippen LogP contribution is -2.51. The maximum atomic E-state index is 6.43. The third-order valence-electron chi connectivity index (χ3n) is 8.93. The number of methoxy groups -OCH3 is 1. The van der Waals surface area contributed by atoms with Crippen LogP contribution in [0.15, 0.2) is 55.1 Å². The zero-order valence-electron chi connectivity index (χ0n) is 25.5. The van der Waals surface area contributed by atoms with Gasteiger partial charge in [0.05, 0.1) is 36.6 Å². The van der Waals surface area contributed by atoms with Gasteiger partial charge < -0.3 is 24.4 Å². The minimum absolute atomic E-state index is 0.192. The van der Waals surface area contributed by atoms with E-state index in [1.807, 2.05) is 31.2 Å². The molecule has 3 fully saturated rings. The molecule has 4 aromatic rings. The number of fused-ring (bicyclic) bond motifs is 2. The molecule has 13 heteroatoms. The van der Waals surface area contributed by atoms with Crippen molar-refractivity contribution in [1.82, 2.24) is 35.1 Å². The number of rotatable bonds is 10. The molecule has 0 radical (unpaired) electrons. The Labute approximate surface area is 267 Å². The molecule has 7 rings (SSSR count). The topological polar surface area (TPSA) is 116 Å². The molecule has 2 aromatic carbocycles. The number of benzene rings is 2. The van der Waals surface area contributed by atoms with Crippen LogP contribution in [0.3, 0.4) is 0 Å². The third-order valence-corrected chi connectivity index (χ3v) is 9.24. The lowest BCUT2D eigenvalue weighted by Gasteiger charge is -2.42. The second-order valence-electron chi connectivity index (χ2n) is 12.0. The first-order valence-electron chi connectivity index (χ1n) is 15.6. The molecular weight excluding hydrogens is 594 g/mol. The van der Waals surface area contributed by atoms with E-state index in [1.54, 1.807) is 30.5 Å². The molecule has 12 nitrogen and oxygen atoms in total. The number of nitrogens with one attached hydrogen (secondary N) is 1. The smallest absolute Gasteiger partial charge is 0.227 e. The van der Waals surface area contributed by atoms with Gasteiger partial charge in [0.15, 0.2) is 0 Å². The fourth-order valence-corrected chi connectivity index (χ4v) is 6.79. The lowest BCUT2D eigenvalue weighted by atomic mass is 10.0. The van der Waals surface area contributed by atoms with Gasteiger partial charge in [0.2, 0.25) is 5.95 Å². The average molecular weight is 632 g/mol. The number of hydrogen-bond acceptors (Lipinski definition) is 11. The predicted octanol–water partition coefficient (Wildman–Crippen LogP) is 4.84. The fraction of sp³-hybridized carbons (Fsp3) is 0.469. The first kappa shape index (κ1) is 29.7. The number of anilines is 3. The normalized spacial score (nSPS) is 21.1. The molecule has 5 heterocycles. The van der Waals surface area contributed by atoms with Crippen LogP contribution in [0.25, 0.3) is 11.1 Å². The Morgan fingerprint density at radius 1 is 0.978 bits per heavy atom. The number of morpholine rings is 1. The Kier molecular flexibility index (Phi) is 8.68. The van der Waals surface area contributed by atoms with E-state index in [0.29, 0.717) is 41.5 Å². The zero-order valence-corrected chi connectivity index (χ0v) is 26.3. The van der Waals surface area contributed by atoms with Gasteiger partial charge >= 0.3 is 0 Å². The van der Waals surface area contributed by atoms with Crippen molar-refractivity contribution in [1.29, 1.82) is 0 Å². The highest BCUT2D eigenvalue weighted by Crippen LogP contribution is 2.35. The SMILES string of the molecule is COc1cc(N2CCC(N3C[C@H]4CC[C@@H](C3)O4)CC2)ccc1Nc1ncc(-c2ccc(Cl)c(OC(C)Cn3cnnn3)c2)cn1. The Morgan fingerprint density at radius 3 is 2.47 bits per heavy atom. The Bertz CT molecular complexity index is 1570. The van der Waals surface area contributed by atoms with Crippen molar-refractivity contribution in [2.45, 2.75) is 63.5 Å². The molecule has 2 bridgehead atoms. The largest absolute Gasteiger partial charge is 0.494 e. The van der Waals surface area contributed by atoms with Gasteiger partial charge in [-0.1, -0.05) is 17.7 Å². The summed E-state index contributed by atoms with van der Waals surface area (Å²) in [5.41, 5.74) is 3.71. The van der Waals surface area contributed by atoms with E-state index in [1.165, 1.54) is 31.4 Å². The first-order chi connectivity index (χ1) is 22.0. The number of aromatic nitrogens is 6. The minimum atomic E-state index is -0.192. The highest BCUT2D eigenvalue weighted by atomic mass is 35.5. The summed E-state index contributed by atoms with van der Waals surface area (Å²) < 4.78 is 19.5. The predicted molar refractivity (Wildman–Crippen MR) is 171 cm³/mol. The van der Waals surface area contributed by atoms with E-state index in [4.69, 9.17) is 25.8 Å². The number of halogens is 1. The number of piperidine rings is 1. The maximum Gasteiger partial charge on any atom is 0.227 e. The average Bonchev–Trinajstić information content (AvgIpc) is 3.70. The van der Waals surface area contributed by atoms with E-state index < -0.39 is 0 Å². The standard InChI is InChI=1S/C32H38ClN9O3/c1-21(17-42-20-36-38-39-42)44-30-13-22(3-7-28(30)33)23-15-34-32(35-16-23)37-29-8-4-25(14-31(29)43-2)40-11-9-24(10-12-40)41-18-26-5-6-27(19-41)45-26/h3-4,7-8,13-16,20-21,24,26-27H,5-6,9-12,17-19H2,1-2H3,(H,34,35,37)/t21?,26-,27+. The zero-order chi connectivity index (χ0) is 30.8. The van der Waals surface area contributed by atoms with Crippen molar-refractivity contribution in [3.63, 3.8) is 0 Å². The van der Waals surface area contributed by atoms with Gasteiger partial charge in [-0.25, -0.2) is 14.6 Å². The van der Waals surface area contributed by atoms with Crippen LogP contribution >= 0.6 is 11.6 Å². The first-order valence-corrected chi connectivity index (χ1v) is 16.0. The molecule has 0 amide bonds. The van der Waals surface area contributed by atoms with Gasteiger partial charge in [-0.3, -0.25) is 4.90 Å². The number of nitrogens with zero attached hydrogens (tertiary/aromatic N) is 8. The monoisotopic (exact) mass is 631 g/mol. The van der Waals surface area contributed by atoms with Crippen LogP contribution in [0.2, 0.25) is 5.02 Å². The van der Waals surface area contributed by atoms with Crippen molar-refractivity contribution in [3.05, 3.63) is 60.1 Å². The number of ether oxygens (including phenoxy) is 3. The van der Waals surface area contributed by atoms with Crippen LogP contribution in [-0.2, 0) is 11.3 Å². The molecule has 3 aliphatic heterocycles. The summed E-state index contributed by atoms with van der Waals surface area (Å²) in [4.78, 5) is 14.3. The van der Waals surface area contributed by atoms with Gasteiger partial charge in [-0.05, 0) is 72.9 Å². The van der Waals surface area contributed by atoms with Crippen molar-refractivity contribution < 1.29 is 14.2 Å². The number of tetrazole rings is 1. The summed E-state index contributed by atoms with van der Waals surface area (Å²) in [6, 6.07) is 12.5. The molecule has 1 unspecified atom stereocenters. The Morgan fingerprint density at radius 2 is 1.76 bits per heavy atom. The molecular formula is C32H38ClN9O3. The second kappa shape index (κ2) is 13.2. The van der Waals surface area contributed by atoms with Crippen LogP contribution in [0, 0.1) is 0 Å². The molecule has 45 heavy (non-hydrogen) atoms. The molecule has 3 aliphatic rings. The van der Waals surface area contributed by atoms with E-state index in [2.05, 4.69) is 52.7 Å². The van der Waals surface area contributed by atoms with Crippen LogP contribution in [-0.4, -0.2) is 92.7 Å².